The SMILES string of the molecule is CC(NC(=O)c1cccnc1Cl)c1nccs1. The molecule has 1 atom stereocenters. The van der Waals surface area contributed by atoms with Gasteiger partial charge in [0.05, 0.1) is 11.6 Å². The van der Waals surface area contributed by atoms with Gasteiger partial charge < -0.3 is 5.32 Å². The molecule has 2 heterocycles. The summed E-state index contributed by atoms with van der Waals surface area (Å²) in [5.41, 5.74) is 0.373. The standard InChI is InChI=1S/C11H10ClN3OS/c1-7(11-14-5-6-17-11)15-10(16)8-3-2-4-13-9(8)12/h2-7H,1H3,(H,15,16). The first kappa shape index (κ1) is 12.0. The molecule has 4 nitrogen and oxygen atoms in total. The van der Waals surface area contributed by atoms with E-state index in [1.54, 1.807) is 24.5 Å². The van der Waals surface area contributed by atoms with Crippen LogP contribution in [0.1, 0.15) is 28.3 Å². The zero-order chi connectivity index (χ0) is 12.3. The van der Waals surface area contributed by atoms with Crippen LogP contribution in [0.4, 0.5) is 0 Å². The highest BCUT2D eigenvalue weighted by atomic mass is 35.5. The third-order valence-electron chi connectivity index (χ3n) is 2.17. The summed E-state index contributed by atoms with van der Waals surface area (Å²) in [6.45, 7) is 1.88. The number of nitrogens with zero attached hydrogens (tertiary/aromatic N) is 2. The van der Waals surface area contributed by atoms with E-state index in [4.69, 9.17) is 11.6 Å². The molecule has 1 N–H and O–H groups in total. The van der Waals surface area contributed by atoms with Crippen molar-refractivity contribution in [2.75, 3.05) is 0 Å². The average Bonchev–Trinajstić information content (AvgIpc) is 2.82. The summed E-state index contributed by atoms with van der Waals surface area (Å²) < 4.78 is 0. The summed E-state index contributed by atoms with van der Waals surface area (Å²) in [6, 6.07) is 3.17. The Hall–Kier alpha value is -1.46. The molecule has 0 fully saturated rings. The quantitative estimate of drug-likeness (QED) is 0.870. The second kappa shape index (κ2) is 5.25. The Labute approximate surface area is 108 Å². The van der Waals surface area contributed by atoms with E-state index in [0.29, 0.717) is 5.56 Å². The molecule has 0 aliphatic carbocycles. The monoisotopic (exact) mass is 267 g/mol. The number of amides is 1. The van der Waals surface area contributed by atoms with Gasteiger partial charge >= 0.3 is 0 Å². The highest BCUT2D eigenvalue weighted by Crippen LogP contribution is 2.17. The molecule has 0 aliphatic rings. The lowest BCUT2D eigenvalue weighted by Gasteiger charge is -2.11. The Morgan fingerprint density at radius 2 is 2.29 bits per heavy atom. The van der Waals surface area contributed by atoms with Crippen LogP contribution in [0.3, 0.4) is 0 Å². The van der Waals surface area contributed by atoms with Crippen LogP contribution in [-0.2, 0) is 0 Å². The Kier molecular flexibility index (Phi) is 3.71. The number of halogens is 1. The first-order valence-electron chi connectivity index (χ1n) is 4.99. The third kappa shape index (κ3) is 2.81. The summed E-state index contributed by atoms with van der Waals surface area (Å²) in [6.07, 6.45) is 3.25. The zero-order valence-corrected chi connectivity index (χ0v) is 10.6. The van der Waals surface area contributed by atoms with Crippen molar-refractivity contribution < 1.29 is 4.79 Å². The number of nitrogens with one attached hydrogen (secondary N) is 1. The maximum absolute atomic E-state index is 11.9. The maximum Gasteiger partial charge on any atom is 0.254 e. The van der Waals surface area contributed by atoms with Gasteiger partial charge in [0.25, 0.3) is 5.91 Å². The normalized spacial score (nSPS) is 12.1. The van der Waals surface area contributed by atoms with Crippen LogP contribution in [0.25, 0.3) is 0 Å². The predicted molar refractivity (Wildman–Crippen MR) is 67.2 cm³/mol. The summed E-state index contributed by atoms with van der Waals surface area (Å²) in [7, 11) is 0. The van der Waals surface area contributed by atoms with Gasteiger partial charge in [-0.05, 0) is 19.1 Å². The predicted octanol–water partition coefficient (Wildman–Crippen LogP) is 2.68. The highest BCUT2D eigenvalue weighted by molar-refractivity contribution is 7.09. The van der Waals surface area contributed by atoms with Gasteiger partial charge in [0.15, 0.2) is 0 Å². The smallest absolute Gasteiger partial charge is 0.254 e. The number of hydrogen-bond donors (Lipinski definition) is 1. The van der Waals surface area contributed by atoms with Crippen LogP contribution >= 0.6 is 22.9 Å². The van der Waals surface area contributed by atoms with Gasteiger partial charge in [-0.2, -0.15) is 0 Å². The van der Waals surface area contributed by atoms with Gasteiger partial charge in [-0.25, -0.2) is 9.97 Å². The second-order valence-corrected chi connectivity index (χ2v) is 4.69. The number of thiazole rings is 1. The fraction of sp³-hybridized carbons (Fsp3) is 0.182. The molecule has 1 unspecified atom stereocenters. The first-order valence-corrected chi connectivity index (χ1v) is 6.25. The van der Waals surface area contributed by atoms with E-state index in [1.807, 2.05) is 12.3 Å². The lowest BCUT2D eigenvalue weighted by atomic mass is 10.2. The molecule has 17 heavy (non-hydrogen) atoms. The van der Waals surface area contributed by atoms with Crippen molar-refractivity contribution in [3.63, 3.8) is 0 Å². The minimum atomic E-state index is -0.245. The van der Waals surface area contributed by atoms with E-state index in [2.05, 4.69) is 15.3 Å². The van der Waals surface area contributed by atoms with Crippen molar-refractivity contribution in [1.29, 1.82) is 0 Å². The van der Waals surface area contributed by atoms with Gasteiger partial charge in [-0.1, -0.05) is 11.6 Å². The summed E-state index contributed by atoms with van der Waals surface area (Å²) >= 11 is 7.34. The number of hydrogen-bond acceptors (Lipinski definition) is 4. The van der Waals surface area contributed by atoms with Crippen LogP contribution in [0, 0.1) is 0 Å². The topological polar surface area (TPSA) is 54.9 Å². The molecule has 6 heteroatoms. The number of carbonyl (C=O) groups excluding carboxylic acids is 1. The van der Waals surface area contributed by atoms with Crippen LogP contribution in [0.2, 0.25) is 5.15 Å². The van der Waals surface area contributed by atoms with Gasteiger partial charge in [-0.15, -0.1) is 11.3 Å². The van der Waals surface area contributed by atoms with E-state index in [-0.39, 0.29) is 17.1 Å². The molecule has 88 valence electrons. The summed E-state index contributed by atoms with van der Waals surface area (Å²) in [5, 5.41) is 5.76. The fourth-order valence-electron chi connectivity index (χ4n) is 1.34. The number of carbonyl (C=O) groups is 1. The zero-order valence-electron chi connectivity index (χ0n) is 9.05. The van der Waals surface area contributed by atoms with Gasteiger partial charge in [0.2, 0.25) is 0 Å². The molecule has 0 aliphatic heterocycles. The van der Waals surface area contributed by atoms with Gasteiger partial charge in [0, 0.05) is 17.8 Å². The fourth-order valence-corrected chi connectivity index (χ4v) is 2.19. The largest absolute Gasteiger partial charge is 0.343 e. The Morgan fingerprint density at radius 1 is 1.47 bits per heavy atom. The summed E-state index contributed by atoms with van der Waals surface area (Å²) in [4.78, 5) is 19.9. The number of rotatable bonds is 3. The molecule has 2 aromatic rings. The molecule has 2 aromatic heterocycles. The third-order valence-corrected chi connectivity index (χ3v) is 3.43. The lowest BCUT2D eigenvalue weighted by Crippen LogP contribution is -2.26. The lowest BCUT2D eigenvalue weighted by molar-refractivity contribution is 0.0939. The van der Waals surface area contributed by atoms with Crippen molar-refractivity contribution in [1.82, 2.24) is 15.3 Å². The van der Waals surface area contributed by atoms with Crippen LogP contribution in [0.5, 0.6) is 0 Å². The molecule has 0 saturated heterocycles. The number of aromatic nitrogens is 2. The van der Waals surface area contributed by atoms with Crippen molar-refractivity contribution >= 4 is 28.8 Å². The Morgan fingerprint density at radius 3 is 2.94 bits per heavy atom. The van der Waals surface area contributed by atoms with Crippen molar-refractivity contribution in [3.05, 3.63) is 45.6 Å². The van der Waals surface area contributed by atoms with E-state index >= 15 is 0 Å². The summed E-state index contributed by atoms with van der Waals surface area (Å²) in [5.74, 6) is -0.245. The van der Waals surface area contributed by atoms with E-state index in [1.165, 1.54) is 11.3 Å². The van der Waals surface area contributed by atoms with E-state index < -0.39 is 0 Å². The molecule has 0 radical (unpaired) electrons. The molecule has 0 saturated carbocycles. The minimum Gasteiger partial charge on any atom is -0.343 e. The van der Waals surface area contributed by atoms with Crippen LogP contribution < -0.4 is 5.32 Å². The Bertz CT molecular complexity index is 515. The van der Waals surface area contributed by atoms with Gasteiger partial charge in [-0.3, -0.25) is 4.79 Å². The van der Waals surface area contributed by atoms with E-state index in [0.717, 1.165) is 5.01 Å². The van der Waals surface area contributed by atoms with Crippen LogP contribution in [0.15, 0.2) is 29.9 Å². The Balaban J connectivity index is 2.10. The van der Waals surface area contributed by atoms with Crippen molar-refractivity contribution in [3.8, 4) is 0 Å². The molecule has 2 rings (SSSR count). The molecule has 1 amide bonds. The van der Waals surface area contributed by atoms with Gasteiger partial charge in [0.1, 0.15) is 10.2 Å². The first-order chi connectivity index (χ1) is 8.18. The number of pyridine rings is 1. The maximum atomic E-state index is 11.9. The van der Waals surface area contributed by atoms with E-state index in [9.17, 15) is 4.79 Å². The average molecular weight is 268 g/mol. The van der Waals surface area contributed by atoms with Crippen LogP contribution in [-0.4, -0.2) is 15.9 Å². The molecule has 0 spiro atoms. The molecule has 0 bridgehead atoms. The molecular formula is C11H10ClN3OS. The van der Waals surface area contributed by atoms with Crippen molar-refractivity contribution in [2.24, 2.45) is 0 Å². The molecule has 0 aromatic carbocycles. The van der Waals surface area contributed by atoms with Crippen molar-refractivity contribution in [2.45, 2.75) is 13.0 Å². The highest BCUT2D eigenvalue weighted by Gasteiger charge is 2.15. The molecular weight excluding hydrogens is 258 g/mol. The minimum absolute atomic E-state index is 0.140. The second-order valence-electron chi connectivity index (χ2n) is 3.41.